The third-order valence-corrected chi connectivity index (χ3v) is 4.18. The molecule has 1 N–H and O–H groups in total. The van der Waals surface area contributed by atoms with E-state index in [0.29, 0.717) is 5.92 Å². The van der Waals surface area contributed by atoms with E-state index in [9.17, 15) is 5.11 Å². The Morgan fingerprint density at radius 2 is 2.29 bits per heavy atom. The predicted molar refractivity (Wildman–Crippen MR) is 68.6 cm³/mol. The predicted octanol–water partition coefficient (Wildman–Crippen LogP) is 2.94. The highest BCUT2D eigenvalue weighted by Crippen LogP contribution is 2.43. The largest absolute Gasteiger partial charge is 0.385 e. The zero-order chi connectivity index (χ0) is 12.5. The van der Waals surface area contributed by atoms with Gasteiger partial charge in [-0.15, -0.1) is 0 Å². The number of aryl methyl sites for hydroxylation is 1. The Kier molecular flexibility index (Phi) is 3.57. The molecule has 0 bridgehead atoms. The molecule has 1 aliphatic carbocycles. The van der Waals surface area contributed by atoms with E-state index < -0.39 is 5.60 Å². The van der Waals surface area contributed by atoms with Crippen LogP contribution in [0.15, 0.2) is 12.4 Å². The summed E-state index contributed by atoms with van der Waals surface area (Å²) in [7, 11) is 0. The first-order chi connectivity index (χ1) is 8.06. The van der Waals surface area contributed by atoms with E-state index >= 15 is 0 Å². The quantitative estimate of drug-likeness (QED) is 0.876. The van der Waals surface area contributed by atoms with E-state index in [-0.39, 0.29) is 0 Å². The summed E-state index contributed by atoms with van der Waals surface area (Å²) < 4.78 is 1.94. The summed E-state index contributed by atoms with van der Waals surface area (Å²) in [6.45, 7) is 7.51. The number of aromatic nitrogens is 2. The van der Waals surface area contributed by atoms with Crippen molar-refractivity contribution in [2.24, 2.45) is 11.8 Å². The molecule has 0 radical (unpaired) electrons. The minimum Gasteiger partial charge on any atom is -0.385 e. The molecule has 1 aliphatic rings. The van der Waals surface area contributed by atoms with Crippen LogP contribution in [0.4, 0.5) is 0 Å². The van der Waals surface area contributed by atoms with Crippen LogP contribution in [0.5, 0.6) is 0 Å². The molecule has 1 heterocycles. The molecule has 17 heavy (non-hydrogen) atoms. The van der Waals surface area contributed by atoms with Crippen LogP contribution in [0, 0.1) is 11.8 Å². The van der Waals surface area contributed by atoms with Crippen molar-refractivity contribution >= 4 is 0 Å². The van der Waals surface area contributed by atoms with Crippen LogP contribution in [-0.4, -0.2) is 14.9 Å². The first kappa shape index (κ1) is 12.6. The lowest BCUT2D eigenvalue weighted by Gasteiger charge is -2.40. The van der Waals surface area contributed by atoms with Gasteiger partial charge in [-0.05, 0) is 37.5 Å². The lowest BCUT2D eigenvalue weighted by molar-refractivity contribution is -0.0588. The van der Waals surface area contributed by atoms with Crippen LogP contribution in [0.25, 0.3) is 0 Å². The summed E-state index contributed by atoms with van der Waals surface area (Å²) >= 11 is 0. The van der Waals surface area contributed by atoms with Crippen molar-refractivity contribution in [2.75, 3.05) is 0 Å². The van der Waals surface area contributed by atoms with E-state index in [0.717, 1.165) is 43.7 Å². The molecule has 1 fully saturated rings. The van der Waals surface area contributed by atoms with Gasteiger partial charge in [-0.1, -0.05) is 20.8 Å². The normalized spacial score (nSPS) is 33.9. The Hall–Kier alpha value is -0.830. The molecular weight excluding hydrogens is 212 g/mol. The van der Waals surface area contributed by atoms with E-state index in [1.807, 2.05) is 17.1 Å². The Labute approximate surface area is 104 Å². The molecule has 0 aromatic carbocycles. The number of nitrogens with zero attached hydrogens (tertiary/aromatic N) is 2. The molecule has 3 atom stereocenters. The van der Waals surface area contributed by atoms with Gasteiger partial charge in [-0.2, -0.15) is 5.10 Å². The summed E-state index contributed by atoms with van der Waals surface area (Å²) in [5, 5.41) is 15.2. The van der Waals surface area contributed by atoms with Gasteiger partial charge in [-0.25, -0.2) is 0 Å². The van der Waals surface area contributed by atoms with E-state index in [1.54, 1.807) is 0 Å². The monoisotopic (exact) mass is 236 g/mol. The van der Waals surface area contributed by atoms with Crippen LogP contribution in [0.1, 0.15) is 52.0 Å². The lowest BCUT2D eigenvalue weighted by atomic mass is 9.70. The molecule has 1 aromatic rings. The topological polar surface area (TPSA) is 38.0 Å². The van der Waals surface area contributed by atoms with Crippen molar-refractivity contribution in [2.45, 2.75) is 58.6 Å². The molecule has 3 heteroatoms. The SMILES string of the molecule is CCCn1cc(C2(O)CCC(C)CC2C)cn1. The third-order valence-electron chi connectivity index (χ3n) is 4.18. The fourth-order valence-electron chi connectivity index (χ4n) is 3.00. The van der Waals surface area contributed by atoms with Crippen molar-refractivity contribution in [3.63, 3.8) is 0 Å². The Morgan fingerprint density at radius 1 is 1.53 bits per heavy atom. The van der Waals surface area contributed by atoms with Crippen LogP contribution in [-0.2, 0) is 12.1 Å². The van der Waals surface area contributed by atoms with Gasteiger partial charge in [0.2, 0.25) is 0 Å². The number of hydrogen-bond donors (Lipinski definition) is 1. The highest BCUT2D eigenvalue weighted by Gasteiger charge is 2.40. The van der Waals surface area contributed by atoms with Crippen LogP contribution in [0.3, 0.4) is 0 Å². The Morgan fingerprint density at radius 3 is 2.94 bits per heavy atom. The second-order valence-corrected chi connectivity index (χ2v) is 5.70. The Balaban J connectivity index is 2.18. The first-order valence-corrected chi connectivity index (χ1v) is 6.81. The third kappa shape index (κ3) is 2.39. The number of aliphatic hydroxyl groups is 1. The van der Waals surface area contributed by atoms with Gasteiger partial charge >= 0.3 is 0 Å². The number of rotatable bonds is 3. The van der Waals surface area contributed by atoms with Crippen molar-refractivity contribution in [1.82, 2.24) is 9.78 Å². The smallest absolute Gasteiger partial charge is 0.0952 e. The Bertz CT molecular complexity index is 374. The fourth-order valence-corrected chi connectivity index (χ4v) is 3.00. The molecule has 3 unspecified atom stereocenters. The van der Waals surface area contributed by atoms with Gasteiger partial charge in [0.1, 0.15) is 0 Å². The molecule has 1 saturated carbocycles. The van der Waals surface area contributed by atoms with Crippen molar-refractivity contribution < 1.29 is 5.11 Å². The maximum atomic E-state index is 10.9. The molecule has 3 nitrogen and oxygen atoms in total. The number of hydrogen-bond acceptors (Lipinski definition) is 2. The summed E-state index contributed by atoms with van der Waals surface area (Å²) in [4.78, 5) is 0. The van der Waals surface area contributed by atoms with E-state index in [1.165, 1.54) is 0 Å². The maximum absolute atomic E-state index is 10.9. The summed E-state index contributed by atoms with van der Waals surface area (Å²) in [5.41, 5.74) is 0.351. The summed E-state index contributed by atoms with van der Waals surface area (Å²) in [5.74, 6) is 1.06. The highest BCUT2D eigenvalue weighted by atomic mass is 16.3. The molecule has 0 aliphatic heterocycles. The molecule has 0 amide bonds. The average molecular weight is 236 g/mol. The second kappa shape index (κ2) is 4.81. The van der Waals surface area contributed by atoms with Crippen LogP contribution >= 0.6 is 0 Å². The van der Waals surface area contributed by atoms with Crippen molar-refractivity contribution in [1.29, 1.82) is 0 Å². The van der Waals surface area contributed by atoms with Crippen LogP contribution in [0.2, 0.25) is 0 Å². The van der Waals surface area contributed by atoms with Gasteiger partial charge in [0.05, 0.1) is 11.8 Å². The van der Waals surface area contributed by atoms with Crippen molar-refractivity contribution in [3.05, 3.63) is 18.0 Å². The maximum Gasteiger partial charge on any atom is 0.0952 e. The summed E-state index contributed by atoms with van der Waals surface area (Å²) in [6, 6.07) is 0. The van der Waals surface area contributed by atoms with Gasteiger partial charge in [-0.3, -0.25) is 4.68 Å². The minimum atomic E-state index is -0.654. The standard InChI is InChI=1S/C14H24N2O/c1-4-7-16-10-13(9-15-16)14(17)6-5-11(2)8-12(14)3/h9-12,17H,4-8H2,1-3H3. The first-order valence-electron chi connectivity index (χ1n) is 6.81. The van der Waals surface area contributed by atoms with E-state index in [2.05, 4.69) is 25.9 Å². The minimum absolute atomic E-state index is 0.325. The zero-order valence-corrected chi connectivity index (χ0v) is 11.2. The van der Waals surface area contributed by atoms with Crippen molar-refractivity contribution in [3.8, 4) is 0 Å². The summed E-state index contributed by atoms with van der Waals surface area (Å²) in [6.07, 6.45) is 8.03. The average Bonchev–Trinajstić information content (AvgIpc) is 2.74. The van der Waals surface area contributed by atoms with Gasteiger partial charge < -0.3 is 5.11 Å². The molecule has 1 aromatic heterocycles. The van der Waals surface area contributed by atoms with Crippen LogP contribution < -0.4 is 0 Å². The fraction of sp³-hybridized carbons (Fsp3) is 0.786. The molecule has 2 rings (SSSR count). The highest BCUT2D eigenvalue weighted by molar-refractivity contribution is 5.17. The van der Waals surface area contributed by atoms with E-state index in [4.69, 9.17) is 0 Å². The molecule has 0 spiro atoms. The zero-order valence-electron chi connectivity index (χ0n) is 11.2. The molecular formula is C14H24N2O. The lowest BCUT2D eigenvalue weighted by Crippen LogP contribution is -2.38. The molecule has 96 valence electrons. The van der Waals surface area contributed by atoms with Gasteiger partial charge in [0.15, 0.2) is 0 Å². The molecule has 0 saturated heterocycles. The van der Waals surface area contributed by atoms with Gasteiger partial charge in [0.25, 0.3) is 0 Å². The second-order valence-electron chi connectivity index (χ2n) is 5.70. The van der Waals surface area contributed by atoms with Gasteiger partial charge in [0, 0.05) is 18.3 Å².